The summed E-state index contributed by atoms with van der Waals surface area (Å²) in [6, 6.07) is 11.6. The highest BCUT2D eigenvalue weighted by Gasteiger charge is 2.06. The van der Waals surface area contributed by atoms with Crippen molar-refractivity contribution >= 4 is 5.91 Å². The van der Waals surface area contributed by atoms with Gasteiger partial charge in [0.15, 0.2) is 0 Å². The van der Waals surface area contributed by atoms with Crippen molar-refractivity contribution in [3.63, 3.8) is 0 Å². The topological polar surface area (TPSA) is 62.7 Å². The zero-order valence-corrected chi connectivity index (χ0v) is 11.7. The Morgan fingerprint density at radius 1 is 1.29 bits per heavy atom. The number of rotatable bonds is 4. The molecule has 0 aliphatic carbocycles. The second-order valence-corrected chi connectivity index (χ2v) is 4.87. The number of aromatic amines is 1. The molecule has 0 spiro atoms. The van der Waals surface area contributed by atoms with E-state index in [1.54, 1.807) is 23.0 Å². The van der Waals surface area contributed by atoms with Crippen LogP contribution in [0.3, 0.4) is 0 Å². The van der Waals surface area contributed by atoms with Crippen LogP contribution in [0.25, 0.3) is 11.1 Å². The van der Waals surface area contributed by atoms with Gasteiger partial charge in [-0.25, -0.2) is 0 Å². The molecule has 0 atom stereocenters. The fourth-order valence-electron chi connectivity index (χ4n) is 2.18. The fraction of sp³-hybridized carbons (Fsp3) is 0.125. The second kappa shape index (κ2) is 5.66. The minimum absolute atomic E-state index is 0.105. The molecule has 0 saturated heterocycles. The molecular weight excluding hydrogens is 264 g/mol. The Morgan fingerprint density at radius 2 is 2.19 bits per heavy atom. The van der Waals surface area contributed by atoms with Crippen molar-refractivity contribution in [3.05, 3.63) is 66.2 Å². The molecule has 2 heterocycles. The van der Waals surface area contributed by atoms with Crippen LogP contribution in [0.1, 0.15) is 16.1 Å². The minimum atomic E-state index is -0.105. The van der Waals surface area contributed by atoms with Crippen molar-refractivity contribution in [2.75, 3.05) is 0 Å². The monoisotopic (exact) mass is 280 g/mol. The van der Waals surface area contributed by atoms with E-state index in [0.717, 1.165) is 16.7 Å². The predicted molar refractivity (Wildman–Crippen MR) is 80.6 cm³/mol. The van der Waals surface area contributed by atoms with E-state index in [1.165, 1.54) is 0 Å². The molecule has 0 radical (unpaired) electrons. The third-order valence-corrected chi connectivity index (χ3v) is 3.26. The molecule has 3 rings (SSSR count). The zero-order chi connectivity index (χ0) is 14.7. The lowest BCUT2D eigenvalue weighted by Crippen LogP contribution is -2.22. The normalized spacial score (nSPS) is 10.5. The van der Waals surface area contributed by atoms with Crippen molar-refractivity contribution in [1.29, 1.82) is 0 Å². The number of benzene rings is 1. The van der Waals surface area contributed by atoms with Gasteiger partial charge in [0.05, 0.1) is 6.20 Å². The molecule has 106 valence electrons. The standard InChI is InChI=1S/C16H16N4O/c1-20-11-14(10-19-20)13-5-2-4-12(8-13)9-18-16(21)15-6-3-7-17-15/h2-8,10-11,17H,9H2,1H3,(H,18,21). The number of carbonyl (C=O) groups excluding carboxylic acids is 1. The molecule has 0 fully saturated rings. The summed E-state index contributed by atoms with van der Waals surface area (Å²) >= 11 is 0. The van der Waals surface area contributed by atoms with E-state index in [1.807, 2.05) is 37.6 Å². The molecule has 0 aliphatic rings. The first kappa shape index (κ1) is 13.2. The van der Waals surface area contributed by atoms with Crippen LogP contribution in [0, 0.1) is 0 Å². The average molecular weight is 280 g/mol. The van der Waals surface area contributed by atoms with Gasteiger partial charge < -0.3 is 10.3 Å². The molecule has 21 heavy (non-hydrogen) atoms. The Kier molecular flexibility index (Phi) is 3.55. The van der Waals surface area contributed by atoms with E-state index in [2.05, 4.69) is 21.5 Å². The molecule has 2 N–H and O–H groups in total. The quantitative estimate of drug-likeness (QED) is 0.770. The summed E-state index contributed by atoms with van der Waals surface area (Å²) in [4.78, 5) is 14.8. The van der Waals surface area contributed by atoms with Gasteiger partial charge in [-0.3, -0.25) is 9.48 Å². The predicted octanol–water partition coefficient (Wildman–Crippen LogP) is 2.35. The summed E-state index contributed by atoms with van der Waals surface area (Å²) in [7, 11) is 1.89. The lowest BCUT2D eigenvalue weighted by Gasteiger charge is -2.06. The molecule has 0 saturated carbocycles. The number of amides is 1. The maximum absolute atomic E-state index is 11.9. The molecule has 5 heteroatoms. The van der Waals surface area contributed by atoms with Crippen molar-refractivity contribution in [3.8, 4) is 11.1 Å². The van der Waals surface area contributed by atoms with Crippen molar-refractivity contribution in [2.24, 2.45) is 7.05 Å². The van der Waals surface area contributed by atoms with Crippen LogP contribution in [0.15, 0.2) is 55.0 Å². The average Bonchev–Trinajstić information content (AvgIpc) is 3.16. The summed E-state index contributed by atoms with van der Waals surface area (Å²) in [6.45, 7) is 0.492. The van der Waals surface area contributed by atoms with Crippen LogP contribution < -0.4 is 5.32 Å². The number of H-pyrrole nitrogens is 1. The molecule has 1 amide bonds. The van der Waals surface area contributed by atoms with Crippen LogP contribution in [-0.2, 0) is 13.6 Å². The molecule has 0 unspecified atom stereocenters. The minimum Gasteiger partial charge on any atom is -0.357 e. The van der Waals surface area contributed by atoms with Gasteiger partial charge in [0, 0.05) is 31.5 Å². The highest BCUT2D eigenvalue weighted by Crippen LogP contribution is 2.19. The third-order valence-electron chi connectivity index (χ3n) is 3.26. The number of hydrogen-bond donors (Lipinski definition) is 2. The van der Waals surface area contributed by atoms with E-state index < -0.39 is 0 Å². The maximum atomic E-state index is 11.9. The number of hydrogen-bond acceptors (Lipinski definition) is 2. The van der Waals surface area contributed by atoms with Crippen LogP contribution in [-0.4, -0.2) is 20.7 Å². The lowest BCUT2D eigenvalue weighted by molar-refractivity contribution is 0.0946. The summed E-state index contributed by atoms with van der Waals surface area (Å²) in [6.07, 6.45) is 5.53. The first-order valence-electron chi connectivity index (χ1n) is 6.72. The number of carbonyl (C=O) groups is 1. The smallest absolute Gasteiger partial charge is 0.267 e. The summed E-state index contributed by atoms with van der Waals surface area (Å²) in [5.74, 6) is -0.105. The van der Waals surface area contributed by atoms with Crippen molar-refractivity contribution in [2.45, 2.75) is 6.54 Å². The van der Waals surface area contributed by atoms with Crippen molar-refractivity contribution < 1.29 is 4.79 Å². The Bertz CT molecular complexity index is 743. The first-order valence-corrected chi connectivity index (χ1v) is 6.72. The molecule has 3 aromatic rings. The summed E-state index contributed by atoms with van der Waals surface area (Å²) in [5, 5.41) is 7.07. The van der Waals surface area contributed by atoms with E-state index in [9.17, 15) is 4.79 Å². The first-order chi connectivity index (χ1) is 10.2. The maximum Gasteiger partial charge on any atom is 0.267 e. The van der Waals surface area contributed by atoms with E-state index >= 15 is 0 Å². The van der Waals surface area contributed by atoms with E-state index in [-0.39, 0.29) is 5.91 Å². The van der Waals surface area contributed by atoms with Gasteiger partial charge in [-0.15, -0.1) is 0 Å². The van der Waals surface area contributed by atoms with Crippen LogP contribution in [0.4, 0.5) is 0 Å². The van der Waals surface area contributed by atoms with Gasteiger partial charge in [0.1, 0.15) is 5.69 Å². The SMILES string of the molecule is Cn1cc(-c2cccc(CNC(=O)c3ccc[nH]3)c2)cn1. The highest BCUT2D eigenvalue weighted by atomic mass is 16.1. The Labute approximate surface area is 122 Å². The van der Waals surface area contributed by atoms with Gasteiger partial charge in [-0.2, -0.15) is 5.10 Å². The molecule has 0 aliphatic heterocycles. The molecule has 5 nitrogen and oxygen atoms in total. The lowest BCUT2D eigenvalue weighted by atomic mass is 10.1. The Morgan fingerprint density at radius 3 is 2.90 bits per heavy atom. The summed E-state index contributed by atoms with van der Waals surface area (Å²) in [5.41, 5.74) is 3.78. The number of aromatic nitrogens is 3. The van der Waals surface area contributed by atoms with Crippen LogP contribution in [0.5, 0.6) is 0 Å². The van der Waals surface area contributed by atoms with Gasteiger partial charge in [0.2, 0.25) is 0 Å². The highest BCUT2D eigenvalue weighted by molar-refractivity contribution is 5.92. The van der Waals surface area contributed by atoms with Crippen LogP contribution >= 0.6 is 0 Å². The zero-order valence-electron chi connectivity index (χ0n) is 11.7. The van der Waals surface area contributed by atoms with Crippen LogP contribution in [0.2, 0.25) is 0 Å². The number of aryl methyl sites for hydroxylation is 1. The molecule has 1 aromatic carbocycles. The Balaban J connectivity index is 1.70. The summed E-state index contributed by atoms with van der Waals surface area (Å²) < 4.78 is 1.77. The van der Waals surface area contributed by atoms with Crippen molar-refractivity contribution in [1.82, 2.24) is 20.1 Å². The van der Waals surface area contributed by atoms with Gasteiger partial charge in [-0.1, -0.05) is 18.2 Å². The van der Waals surface area contributed by atoms with E-state index in [0.29, 0.717) is 12.2 Å². The van der Waals surface area contributed by atoms with Gasteiger partial charge in [0.25, 0.3) is 5.91 Å². The number of nitrogens with one attached hydrogen (secondary N) is 2. The van der Waals surface area contributed by atoms with E-state index in [4.69, 9.17) is 0 Å². The number of nitrogens with zero attached hydrogens (tertiary/aromatic N) is 2. The third kappa shape index (κ3) is 3.02. The van der Waals surface area contributed by atoms with Gasteiger partial charge >= 0.3 is 0 Å². The molecule has 2 aromatic heterocycles. The fourth-order valence-corrected chi connectivity index (χ4v) is 2.18. The molecule has 0 bridgehead atoms. The second-order valence-electron chi connectivity index (χ2n) is 4.87. The molecular formula is C16H16N4O. The largest absolute Gasteiger partial charge is 0.357 e. The van der Waals surface area contributed by atoms with Gasteiger partial charge in [-0.05, 0) is 29.3 Å². The Hall–Kier alpha value is -2.82.